The molecule has 1 aliphatic carbocycles. The highest BCUT2D eigenvalue weighted by Crippen LogP contribution is 2.43. The highest BCUT2D eigenvalue weighted by atomic mass is 16.5. The Hall–Kier alpha value is -1.02. The van der Waals surface area contributed by atoms with Crippen LogP contribution in [0.1, 0.15) is 52.5 Å². The Morgan fingerprint density at radius 3 is 2.71 bits per heavy atom. The Bertz CT molecular complexity index is 455. The summed E-state index contributed by atoms with van der Waals surface area (Å²) in [4.78, 5) is 0. The first kappa shape index (κ1) is 16.4. The molecule has 21 heavy (non-hydrogen) atoms. The second kappa shape index (κ2) is 6.83. The maximum atomic E-state index is 5.41. The molecule has 2 heteroatoms. The molecule has 118 valence electrons. The summed E-state index contributed by atoms with van der Waals surface area (Å²) in [5, 5.41) is 3.74. The van der Waals surface area contributed by atoms with E-state index in [9.17, 15) is 0 Å². The van der Waals surface area contributed by atoms with Gasteiger partial charge in [-0.2, -0.15) is 0 Å². The lowest BCUT2D eigenvalue weighted by molar-refractivity contribution is 0.147. The molecule has 0 aromatic heterocycles. The summed E-state index contributed by atoms with van der Waals surface area (Å²) in [5.41, 5.74) is 1.56. The third-order valence-corrected chi connectivity index (χ3v) is 5.32. The van der Waals surface area contributed by atoms with E-state index in [0.717, 1.165) is 18.2 Å². The lowest BCUT2D eigenvalue weighted by Crippen LogP contribution is -2.48. The summed E-state index contributed by atoms with van der Waals surface area (Å²) in [6, 6.07) is 9.23. The molecule has 0 amide bonds. The molecule has 0 aliphatic heterocycles. The number of benzene rings is 1. The van der Waals surface area contributed by atoms with Crippen LogP contribution in [0.2, 0.25) is 0 Å². The number of ether oxygens (including phenoxy) is 1. The van der Waals surface area contributed by atoms with Crippen molar-refractivity contribution in [3.8, 4) is 5.75 Å². The number of methoxy groups -OCH3 is 1. The van der Waals surface area contributed by atoms with Crippen molar-refractivity contribution in [2.75, 3.05) is 13.7 Å². The van der Waals surface area contributed by atoms with Crippen molar-refractivity contribution in [3.05, 3.63) is 29.8 Å². The van der Waals surface area contributed by atoms with E-state index in [1.54, 1.807) is 7.11 Å². The monoisotopic (exact) mass is 289 g/mol. The van der Waals surface area contributed by atoms with Crippen molar-refractivity contribution >= 4 is 0 Å². The predicted molar refractivity (Wildman–Crippen MR) is 90.0 cm³/mol. The summed E-state index contributed by atoms with van der Waals surface area (Å²) in [5.74, 6) is 2.48. The van der Waals surface area contributed by atoms with E-state index in [4.69, 9.17) is 4.74 Å². The zero-order valence-corrected chi connectivity index (χ0v) is 14.3. The zero-order chi connectivity index (χ0) is 15.5. The van der Waals surface area contributed by atoms with Gasteiger partial charge in [-0.1, -0.05) is 46.2 Å². The fourth-order valence-electron chi connectivity index (χ4n) is 3.97. The maximum Gasteiger partial charge on any atom is 0.119 e. The Morgan fingerprint density at radius 1 is 1.29 bits per heavy atom. The third-order valence-electron chi connectivity index (χ3n) is 5.32. The van der Waals surface area contributed by atoms with E-state index in [1.165, 1.54) is 24.8 Å². The fourth-order valence-corrected chi connectivity index (χ4v) is 3.97. The molecule has 1 fully saturated rings. The minimum atomic E-state index is 0.168. The predicted octanol–water partition coefficient (Wildman–Crippen LogP) is 4.39. The second-order valence-electron chi connectivity index (χ2n) is 7.14. The van der Waals surface area contributed by atoms with Crippen LogP contribution in [0.4, 0.5) is 0 Å². The van der Waals surface area contributed by atoms with Crippen molar-refractivity contribution in [2.24, 2.45) is 11.8 Å². The summed E-state index contributed by atoms with van der Waals surface area (Å²) in [7, 11) is 1.75. The van der Waals surface area contributed by atoms with Gasteiger partial charge in [0.05, 0.1) is 7.11 Å². The maximum absolute atomic E-state index is 5.41. The van der Waals surface area contributed by atoms with E-state index in [-0.39, 0.29) is 5.41 Å². The van der Waals surface area contributed by atoms with Crippen LogP contribution in [0, 0.1) is 11.8 Å². The first-order chi connectivity index (χ1) is 9.98. The van der Waals surface area contributed by atoms with Gasteiger partial charge in [0.25, 0.3) is 0 Å². The molecule has 0 bridgehead atoms. The van der Waals surface area contributed by atoms with E-state index >= 15 is 0 Å². The largest absolute Gasteiger partial charge is 0.497 e. The lowest BCUT2D eigenvalue weighted by atomic mass is 9.63. The molecule has 1 aromatic carbocycles. The molecule has 2 nitrogen and oxygen atoms in total. The fraction of sp³-hybridized carbons (Fsp3) is 0.684. The molecule has 1 saturated carbocycles. The van der Waals surface area contributed by atoms with E-state index in [2.05, 4.69) is 51.2 Å². The molecule has 1 aliphatic rings. The van der Waals surface area contributed by atoms with E-state index < -0.39 is 0 Å². The molecular weight excluding hydrogens is 258 g/mol. The number of hydrogen-bond acceptors (Lipinski definition) is 2. The van der Waals surface area contributed by atoms with E-state index in [1.807, 2.05) is 6.07 Å². The van der Waals surface area contributed by atoms with Gasteiger partial charge in [-0.3, -0.25) is 0 Å². The van der Waals surface area contributed by atoms with Gasteiger partial charge < -0.3 is 10.1 Å². The molecule has 0 heterocycles. The molecule has 3 unspecified atom stereocenters. The minimum absolute atomic E-state index is 0.168. The summed E-state index contributed by atoms with van der Waals surface area (Å²) in [6.07, 6.45) is 3.95. The van der Waals surface area contributed by atoms with Gasteiger partial charge in [0.2, 0.25) is 0 Å². The van der Waals surface area contributed by atoms with Crippen LogP contribution < -0.4 is 10.1 Å². The number of nitrogens with one attached hydrogen (secondary N) is 1. The van der Waals surface area contributed by atoms with Crippen molar-refractivity contribution in [2.45, 2.75) is 58.4 Å². The molecular formula is C19H31NO. The zero-order valence-electron chi connectivity index (χ0n) is 14.3. The van der Waals surface area contributed by atoms with Crippen molar-refractivity contribution in [1.29, 1.82) is 0 Å². The average Bonchev–Trinajstić information content (AvgIpc) is 2.47. The Morgan fingerprint density at radius 2 is 2.05 bits per heavy atom. The Labute approximate surface area is 130 Å². The second-order valence-corrected chi connectivity index (χ2v) is 7.14. The van der Waals surface area contributed by atoms with Gasteiger partial charge in [0, 0.05) is 6.04 Å². The quantitative estimate of drug-likeness (QED) is 0.868. The van der Waals surface area contributed by atoms with Gasteiger partial charge in [-0.05, 0) is 54.3 Å². The first-order valence-corrected chi connectivity index (χ1v) is 8.37. The molecule has 2 rings (SSSR count). The summed E-state index contributed by atoms with van der Waals surface area (Å²) >= 11 is 0. The van der Waals surface area contributed by atoms with Crippen LogP contribution in [-0.4, -0.2) is 19.7 Å². The number of rotatable bonds is 5. The Kier molecular flexibility index (Phi) is 5.32. The molecule has 0 radical (unpaired) electrons. The first-order valence-electron chi connectivity index (χ1n) is 8.37. The highest BCUT2D eigenvalue weighted by Gasteiger charge is 2.39. The van der Waals surface area contributed by atoms with Crippen molar-refractivity contribution in [1.82, 2.24) is 5.32 Å². The van der Waals surface area contributed by atoms with Gasteiger partial charge >= 0.3 is 0 Å². The number of hydrogen-bond donors (Lipinski definition) is 1. The van der Waals surface area contributed by atoms with Crippen LogP contribution in [0.5, 0.6) is 5.75 Å². The average molecular weight is 289 g/mol. The smallest absolute Gasteiger partial charge is 0.119 e. The topological polar surface area (TPSA) is 21.3 Å². The van der Waals surface area contributed by atoms with Crippen LogP contribution in [-0.2, 0) is 5.41 Å². The molecule has 3 atom stereocenters. The van der Waals surface area contributed by atoms with Gasteiger partial charge in [0.1, 0.15) is 5.75 Å². The van der Waals surface area contributed by atoms with Crippen molar-refractivity contribution < 1.29 is 4.74 Å². The molecule has 1 aromatic rings. The molecule has 1 N–H and O–H groups in total. The van der Waals surface area contributed by atoms with Gasteiger partial charge in [-0.25, -0.2) is 0 Å². The minimum Gasteiger partial charge on any atom is -0.497 e. The van der Waals surface area contributed by atoms with Crippen LogP contribution in [0.3, 0.4) is 0 Å². The summed E-state index contributed by atoms with van der Waals surface area (Å²) in [6.45, 7) is 10.5. The van der Waals surface area contributed by atoms with Crippen LogP contribution in [0.25, 0.3) is 0 Å². The van der Waals surface area contributed by atoms with Crippen LogP contribution >= 0.6 is 0 Å². The SMILES string of the molecule is CCNC1CC(C)CCC1C(C)(C)c1cccc(OC)c1. The Balaban J connectivity index is 2.26. The van der Waals surface area contributed by atoms with Crippen molar-refractivity contribution in [3.63, 3.8) is 0 Å². The highest BCUT2D eigenvalue weighted by molar-refractivity contribution is 5.34. The van der Waals surface area contributed by atoms with E-state index in [0.29, 0.717) is 12.0 Å². The van der Waals surface area contributed by atoms with Gasteiger partial charge in [-0.15, -0.1) is 0 Å². The molecule has 0 saturated heterocycles. The normalized spacial score (nSPS) is 26.6. The summed E-state index contributed by atoms with van der Waals surface area (Å²) < 4.78 is 5.41. The molecule has 0 spiro atoms. The van der Waals surface area contributed by atoms with Gasteiger partial charge in [0.15, 0.2) is 0 Å². The third kappa shape index (κ3) is 3.60. The standard InChI is InChI=1S/C19H31NO/c1-6-20-18-12-14(2)10-11-17(18)19(3,4)15-8-7-9-16(13-15)21-5/h7-9,13-14,17-18,20H,6,10-12H2,1-5H3. The van der Waals surface area contributed by atoms with Crippen LogP contribution in [0.15, 0.2) is 24.3 Å². The lowest BCUT2D eigenvalue weighted by Gasteiger charge is -2.45.